The molecule has 2 aromatic rings. The van der Waals surface area contributed by atoms with E-state index in [1.807, 2.05) is 42.5 Å². The minimum absolute atomic E-state index is 0.0730. The van der Waals surface area contributed by atoms with Gasteiger partial charge < -0.3 is 10.1 Å². The molecule has 0 saturated carbocycles. The molecule has 1 fully saturated rings. The first-order chi connectivity index (χ1) is 13.7. The molecule has 3 rings (SSSR count). The topological polar surface area (TPSA) is 65.4 Å². The Labute approximate surface area is 170 Å². The van der Waals surface area contributed by atoms with Gasteiger partial charge in [-0.15, -0.1) is 0 Å². The van der Waals surface area contributed by atoms with Gasteiger partial charge in [-0.05, 0) is 43.7 Å². The summed E-state index contributed by atoms with van der Waals surface area (Å²) < 4.78 is 5.18. The van der Waals surface area contributed by atoms with Gasteiger partial charge >= 0.3 is 0 Å². The Morgan fingerprint density at radius 3 is 2.79 bits per heavy atom. The number of amides is 1. The number of methoxy groups -OCH3 is 1. The van der Waals surface area contributed by atoms with Crippen LogP contribution in [0.25, 0.3) is 0 Å². The van der Waals surface area contributed by atoms with E-state index in [1.54, 1.807) is 13.2 Å². The molecule has 1 aliphatic rings. The Morgan fingerprint density at radius 2 is 2.00 bits per heavy atom. The van der Waals surface area contributed by atoms with Crippen LogP contribution in [-0.4, -0.2) is 50.2 Å². The Kier molecular flexibility index (Phi) is 7.49. The van der Waals surface area contributed by atoms with E-state index in [0.29, 0.717) is 30.3 Å². The van der Waals surface area contributed by atoms with Crippen LogP contribution in [-0.2, 0) is 4.74 Å². The normalized spacial score (nSPS) is 16.6. The molecule has 0 spiro atoms. The summed E-state index contributed by atoms with van der Waals surface area (Å²) in [5, 5.41) is 12.4. The maximum Gasteiger partial charge on any atom is 0.252 e. The number of hydrogen-bond donors (Lipinski definition) is 1. The summed E-state index contributed by atoms with van der Waals surface area (Å²) in [7, 11) is 1.71. The van der Waals surface area contributed by atoms with Gasteiger partial charge in [-0.3, -0.25) is 9.69 Å². The van der Waals surface area contributed by atoms with Crippen molar-refractivity contribution in [2.24, 2.45) is 0 Å². The number of nitriles is 1. The molecule has 1 heterocycles. The summed E-state index contributed by atoms with van der Waals surface area (Å²) in [6.45, 7) is 3.30. The Bertz CT molecular complexity index is 850. The van der Waals surface area contributed by atoms with E-state index < -0.39 is 0 Å². The zero-order chi connectivity index (χ0) is 19.8. The molecule has 0 bridgehead atoms. The predicted molar refractivity (Wildman–Crippen MR) is 111 cm³/mol. The van der Waals surface area contributed by atoms with Crippen molar-refractivity contribution in [2.75, 3.05) is 33.4 Å². The van der Waals surface area contributed by atoms with Crippen molar-refractivity contribution in [3.63, 3.8) is 0 Å². The quantitative estimate of drug-likeness (QED) is 0.740. The van der Waals surface area contributed by atoms with E-state index >= 15 is 0 Å². The van der Waals surface area contributed by atoms with E-state index in [-0.39, 0.29) is 5.91 Å². The van der Waals surface area contributed by atoms with E-state index in [1.165, 1.54) is 11.8 Å². The molecule has 1 atom stereocenters. The van der Waals surface area contributed by atoms with Gasteiger partial charge in [0.25, 0.3) is 5.91 Å². The third-order valence-corrected chi connectivity index (χ3v) is 6.09. The van der Waals surface area contributed by atoms with Gasteiger partial charge in [0, 0.05) is 36.0 Å². The minimum Gasteiger partial charge on any atom is -0.383 e. The second-order valence-electron chi connectivity index (χ2n) is 6.74. The number of carbonyl (C=O) groups excluding carboxylic acids is 1. The molecule has 1 aliphatic heterocycles. The first-order valence-corrected chi connectivity index (χ1v) is 10.3. The van der Waals surface area contributed by atoms with E-state index in [2.05, 4.69) is 16.3 Å². The fourth-order valence-corrected chi connectivity index (χ4v) is 4.47. The lowest BCUT2D eigenvalue weighted by Gasteiger charge is -2.24. The lowest BCUT2D eigenvalue weighted by molar-refractivity contribution is 0.0930. The molecular weight excluding hydrogens is 370 g/mol. The summed E-state index contributed by atoms with van der Waals surface area (Å²) in [5.41, 5.74) is 1.25. The molecule has 0 radical (unpaired) electrons. The number of hydrogen-bond acceptors (Lipinski definition) is 5. The lowest BCUT2D eigenvalue weighted by atomic mass is 10.2. The van der Waals surface area contributed by atoms with Gasteiger partial charge in [0.1, 0.15) is 6.07 Å². The second kappa shape index (κ2) is 10.3. The van der Waals surface area contributed by atoms with Gasteiger partial charge in [0.15, 0.2) is 0 Å². The molecule has 5 nitrogen and oxygen atoms in total. The first-order valence-electron chi connectivity index (χ1n) is 9.50. The maximum absolute atomic E-state index is 12.9. The fraction of sp³-hybridized carbons (Fsp3) is 0.364. The van der Waals surface area contributed by atoms with Crippen LogP contribution in [0.3, 0.4) is 0 Å². The van der Waals surface area contributed by atoms with Gasteiger partial charge in [-0.1, -0.05) is 36.0 Å². The number of nitrogens with zero attached hydrogens (tertiary/aromatic N) is 2. The van der Waals surface area contributed by atoms with Gasteiger partial charge in [0.05, 0.1) is 17.7 Å². The molecule has 2 aromatic carbocycles. The molecule has 1 amide bonds. The van der Waals surface area contributed by atoms with Gasteiger partial charge in [-0.25, -0.2) is 0 Å². The van der Waals surface area contributed by atoms with Crippen molar-refractivity contribution in [3.05, 3.63) is 59.7 Å². The van der Waals surface area contributed by atoms with Crippen LogP contribution in [0.1, 0.15) is 28.8 Å². The molecule has 28 heavy (non-hydrogen) atoms. The van der Waals surface area contributed by atoms with Crippen molar-refractivity contribution < 1.29 is 9.53 Å². The molecule has 0 aliphatic carbocycles. The van der Waals surface area contributed by atoms with Crippen LogP contribution in [0.15, 0.2) is 58.3 Å². The highest BCUT2D eigenvalue weighted by Crippen LogP contribution is 2.32. The largest absolute Gasteiger partial charge is 0.383 e. The third kappa shape index (κ3) is 5.14. The summed E-state index contributed by atoms with van der Waals surface area (Å²) >= 11 is 1.45. The van der Waals surface area contributed by atoms with Crippen molar-refractivity contribution in [3.8, 4) is 6.07 Å². The number of benzene rings is 2. The Hall–Kier alpha value is -2.33. The van der Waals surface area contributed by atoms with Crippen LogP contribution < -0.4 is 5.32 Å². The highest BCUT2D eigenvalue weighted by Gasteiger charge is 2.24. The maximum atomic E-state index is 12.9. The highest BCUT2D eigenvalue weighted by atomic mass is 32.2. The zero-order valence-electron chi connectivity index (χ0n) is 16.1. The van der Waals surface area contributed by atoms with Crippen molar-refractivity contribution in [2.45, 2.75) is 28.7 Å². The summed E-state index contributed by atoms with van der Waals surface area (Å²) in [5.74, 6) is -0.0730. The molecule has 0 aromatic heterocycles. The number of ether oxygens (including phenoxy) is 1. The molecular formula is C22H25N3O2S. The lowest BCUT2D eigenvalue weighted by Crippen LogP contribution is -2.41. The minimum atomic E-state index is -0.0730. The summed E-state index contributed by atoms with van der Waals surface area (Å²) in [6, 6.07) is 17.6. The molecule has 1 N–H and O–H groups in total. The number of rotatable bonds is 8. The van der Waals surface area contributed by atoms with Gasteiger partial charge in [-0.2, -0.15) is 5.26 Å². The molecule has 146 valence electrons. The fourth-order valence-electron chi connectivity index (χ4n) is 3.44. The Morgan fingerprint density at radius 1 is 1.25 bits per heavy atom. The average Bonchev–Trinajstić information content (AvgIpc) is 3.18. The van der Waals surface area contributed by atoms with Crippen molar-refractivity contribution in [1.82, 2.24) is 10.2 Å². The van der Waals surface area contributed by atoms with Crippen LogP contribution in [0.2, 0.25) is 0 Å². The predicted octanol–water partition coefficient (Wildman–Crippen LogP) is 3.55. The first kappa shape index (κ1) is 20.4. The van der Waals surface area contributed by atoms with E-state index in [9.17, 15) is 10.1 Å². The highest BCUT2D eigenvalue weighted by molar-refractivity contribution is 7.99. The molecule has 1 saturated heterocycles. The van der Waals surface area contributed by atoms with Crippen LogP contribution >= 0.6 is 11.8 Å². The number of carbonyl (C=O) groups is 1. The van der Waals surface area contributed by atoms with Crippen molar-refractivity contribution >= 4 is 17.7 Å². The molecule has 6 heteroatoms. The number of likely N-dealkylation sites (tertiary alicyclic amines) is 1. The summed E-state index contributed by atoms with van der Waals surface area (Å²) in [4.78, 5) is 16.9. The van der Waals surface area contributed by atoms with Crippen LogP contribution in [0.5, 0.6) is 0 Å². The standard InChI is InChI=1S/C22H25N3O2S/c1-27-14-13-25-12-6-8-18(25)16-24-22(26)19-9-3-5-11-21(19)28-20-10-4-2-7-17(20)15-23/h2-5,7,9-11,18H,6,8,12-14,16H2,1H3,(H,24,26). The SMILES string of the molecule is COCCN1CCCC1CNC(=O)c1ccccc1Sc1ccccc1C#N. The average molecular weight is 396 g/mol. The van der Waals surface area contributed by atoms with E-state index in [0.717, 1.165) is 35.7 Å². The monoisotopic (exact) mass is 395 g/mol. The number of nitrogens with one attached hydrogen (secondary N) is 1. The Balaban J connectivity index is 1.67. The zero-order valence-corrected chi connectivity index (χ0v) is 16.9. The molecule has 1 unspecified atom stereocenters. The van der Waals surface area contributed by atoms with E-state index in [4.69, 9.17) is 4.74 Å². The van der Waals surface area contributed by atoms with Crippen molar-refractivity contribution in [1.29, 1.82) is 5.26 Å². The van der Waals surface area contributed by atoms with Crippen LogP contribution in [0, 0.1) is 11.3 Å². The van der Waals surface area contributed by atoms with Gasteiger partial charge in [0.2, 0.25) is 0 Å². The summed E-state index contributed by atoms with van der Waals surface area (Å²) in [6.07, 6.45) is 2.25. The van der Waals surface area contributed by atoms with Crippen LogP contribution in [0.4, 0.5) is 0 Å². The smallest absolute Gasteiger partial charge is 0.252 e. The third-order valence-electron chi connectivity index (χ3n) is 4.94. The second-order valence-corrected chi connectivity index (χ2v) is 7.82.